The maximum Gasteiger partial charge on any atom is 0.277 e. The van der Waals surface area contributed by atoms with Gasteiger partial charge in [-0.15, -0.1) is 0 Å². The lowest BCUT2D eigenvalue weighted by Gasteiger charge is -2.10. The summed E-state index contributed by atoms with van der Waals surface area (Å²) in [6, 6.07) is 23.0. The van der Waals surface area contributed by atoms with Crippen molar-refractivity contribution in [2.45, 2.75) is 27.7 Å². The Morgan fingerprint density at radius 3 is 2.06 bits per heavy atom. The van der Waals surface area contributed by atoms with Crippen LogP contribution >= 0.6 is 0 Å². The summed E-state index contributed by atoms with van der Waals surface area (Å²) in [4.78, 5) is 0. The first-order valence-corrected chi connectivity index (χ1v) is 12.2. The van der Waals surface area contributed by atoms with Gasteiger partial charge in [-0.1, -0.05) is 53.2 Å². The van der Waals surface area contributed by atoms with Crippen molar-refractivity contribution in [3.63, 3.8) is 0 Å². The average molecular weight is 473 g/mol. The molecule has 7 rings (SSSR count). The predicted octanol–water partition coefficient (Wildman–Crippen LogP) is 7.40. The molecule has 3 aromatic heterocycles. The Balaban J connectivity index is 1.59. The Bertz CT molecular complexity index is 2000. The quantitative estimate of drug-likeness (QED) is 0.246. The predicted molar refractivity (Wildman–Crippen MR) is 144 cm³/mol. The summed E-state index contributed by atoms with van der Waals surface area (Å²) in [7, 11) is 2.07. The van der Waals surface area contributed by atoms with Gasteiger partial charge in [-0.3, -0.25) is 0 Å². The number of nitrogens with zero attached hydrogens (tertiary/aromatic N) is 3. The van der Waals surface area contributed by atoms with Crippen molar-refractivity contribution in [2.24, 2.45) is 7.05 Å². The van der Waals surface area contributed by atoms with Gasteiger partial charge in [0.1, 0.15) is 22.3 Å². The van der Waals surface area contributed by atoms with Crippen molar-refractivity contribution in [3.8, 4) is 17.1 Å². The number of furan rings is 2. The van der Waals surface area contributed by atoms with Crippen LogP contribution in [0.1, 0.15) is 22.5 Å². The fourth-order valence-electron chi connectivity index (χ4n) is 5.65. The zero-order valence-electron chi connectivity index (χ0n) is 21.0. The number of hydrogen-bond acceptors (Lipinski definition) is 3. The number of aryl methyl sites for hydroxylation is 4. The summed E-state index contributed by atoms with van der Waals surface area (Å²) in [5.41, 5.74) is 9.01. The molecule has 176 valence electrons. The third-order valence-electron chi connectivity index (χ3n) is 7.50. The highest BCUT2D eigenvalue weighted by molar-refractivity contribution is 6.10. The van der Waals surface area contributed by atoms with E-state index in [1.807, 2.05) is 31.2 Å². The van der Waals surface area contributed by atoms with Crippen LogP contribution in [0.4, 0.5) is 0 Å². The molecule has 0 aliphatic heterocycles. The van der Waals surface area contributed by atoms with E-state index < -0.39 is 0 Å². The molecule has 0 spiro atoms. The number of rotatable bonds is 2. The minimum Gasteiger partial charge on any atom is -0.456 e. The van der Waals surface area contributed by atoms with Gasteiger partial charge in [-0.05, 0) is 50.1 Å². The molecule has 0 bridgehead atoms. The molecule has 0 radical (unpaired) electrons. The van der Waals surface area contributed by atoms with Crippen LogP contribution in [0.3, 0.4) is 0 Å². The molecule has 0 atom stereocenters. The third kappa shape index (κ3) is 2.71. The lowest BCUT2D eigenvalue weighted by molar-refractivity contribution is -0.667. The van der Waals surface area contributed by atoms with E-state index >= 15 is 0 Å². The van der Waals surface area contributed by atoms with Crippen molar-refractivity contribution in [1.82, 2.24) is 9.78 Å². The normalized spacial score (nSPS) is 12.0. The smallest absolute Gasteiger partial charge is 0.277 e. The second-order valence-electron chi connectivity index (χ2n) is 9.72. The van der Waals surface area contributed by atoms with E-state index in [-0.39, 0.29) is 0 Å². The summed E-state index contributed by atoms with van der Waals surface area (Å²) in [6.45, 7) is 8.46. The van der Waals surface area contributed by atoms with E-state index in [9.17, 15) is 0 Å². The number of para-hydroxylation sites is 2. The van der Waals surface area contributed by atoms with Crippen molar-refractivity contribution in [2.75, 3.05) is 0 Å². The summed E-state index contributed by atoms with van der Waals surface area (Å²) in [5, 5.41) is 9.54. The van der Waals surface area contributed by atoms with Gasteiger partial charge in [0.15, 0.2) is 5.69 Å². The van der Waals surface area contributed by atoms with Gasteiger partial charge in [0.25, 0.3) is 11.6 Å². The molecule has 7 aromatic rings. The number of hydrogen-bond donors (Lipinski definition) is 0. The van der Waals surface area contributed by atoms with Crippen LogP contribution in [0.15, 0.2) is 75.6 Å². The van der Waals surface area contributed by atoms with Crippen molar-refractivity contribution in [1.29, 1.82) is 0 Å². The molecular formula is C31H26N3O2+. The minimum atomic E-state index is 0.882. The second-order valence-corrected chi connectivity index (χ2v) is 9.72. The summed E-state index contributed by atoms with van der Waals surface area (Å²) < 4.78 is 17.0. The van der Waals surface area contributed by atoms with Crippen molar-refractivity contribution in [3.05, 3.63) is 89.2 Å². The fraction of sp³-hybridized carbons (Fsp3) is 0.161. The van der Waals surface area contributed by atoms with E-state index in [0.29, 0.717) is 0 Å². The molecule has 0 fully saturated rings. The average Bonchev–Trinajstić information content (AvgIpc) is 3.52. The van der Waals surface area contributed by atoms with E-state index in [0.717, 1.165) is 83.5 Å². The summed E-state index contributed by atoms with van der Waals surface area (Å²) in [5.74, 6) is 1.90. The molecule has 0 saturated heterocycles. The molecule has 0 amide bonds. The van der Waals surface area contributed by atoms with Crippen molar-refractivity contribution >= 4 is 43.9 Å². The van der Waals surface area contributed by atoms with Gasteiger partial charge in [0.05, 0.1) is 12.6 Å². The van der Waals surface area contributed by atoms with Crippen LogP contribution in [-0.4, -0.2) is 9.78 Å². The highest BCUT2D eigenvalue weighted by Crippen LogP contribution is 2.40. The monoisotopic (exact) mass is 472 g/mol. The molecule has 3 heterocycles. The Morgan fingerprint density at radius 1 is 0.694 bits per heavy atom. The van der Waals surface area contributed by atoms with E-state index in [1.165, 1.54) is 0 Å². The Kier molecular flexibility index (Phi) is 4.25. The van der Waals surface area contributed by atoms with Gasteiger partial charge < -0.3 is 8.83 Å². The molecule has 0 aliphatic carbocycles. The standard InChI is InChI=1S/C31H26N3O2/c1-17-14-15-23-21-10-6-8-12-25(21)36-30(23)27(17)31-33(5)20(4)32-34(31)28-18(2)16-24-22-11-7-9-13-26(22)35-29(24)19(28)3/h6-16H,1-5H3/q+1. The van der Waals surface area contributed by atoms with Gasteiger partial charge in [-0.25, -0.2) is 4.57 Å². The van der Waals surface area contributed by atoms with Crippen molar-refractivity contribution < 1.29 is 13.4 Å². The van der Waals surface area contributed by atoms with Crippen LogP contribution < -0.4 is 4.57 Å². The van der Waals surface area contributed by atoms with Gasteiger partial charge in [0, 0.05) is 39.1 Å². The minimum absolute atomic E-state index is 0.882. The Hall–Kier alpha value is -4.38. The zero-order chi connectivity index (χ0) is 24.7. The molecule has 5 nitrogen and oxygen atoms in total. The van der Waals surface area contributed by atoms with Crippen LogP contribution in [0.25, 0.3) is 61.0 Å². The fourth-order valence-corrected chi connectivity index (χ4v) is 5.65. The molecule has 0 saturated carbocycles. The van der Waals surface area contributed by atoms with E-state index in [4.69, 9.17) is 13.9 Å². The molecule has 0 aliphatic rings. The molecule has 0 unspecified atom stereocenters. The SMILES string of the molecule is Cc1cc2c(oc3ccccc32)c(C)c1-n1nc(C)[n+](C)c1-c1c(C)ccc2c1oc1ccccc12. The van der Waals surface area contributed by atoms with Gasteiger partial charge >= 0.3 is 0 Å². The summed E-state index contributed by atoms with van der Waals surface area (Å²) in [6.07, 6.45) is 0. The first-order valence-electron chi connectivity index (χ1n) is 12.2. The highest BCUT2D eigenvalue weighted by atomic mass is 16.3. The lowest BCUT2D eigenvalue weighted by atomic mass is 10.0. The van der Waals surface area contributed by atoms with Crippen LogP contribution in [0.5, 0.6) is 0 Å². The van der Waals surface area contributed by atoms with Crippen LogP contribution in [0, 0.1) is 27.7 Å². The second kappa shape index (κ2) is 7.31. The third-order valence-corrected chi connectivity index (χ3v) is 7.50. The van der Waals surface area contributed by atoms with Gasteiger partial charge in [0.2, 0.25) is 0 Å². The lowest BCUT2D eigenvalue weighted by Crippen LogP contribution is -2.33. The molecule has 36 heavy (non-hydrogen) atoms. The molecule has 4 aromatic carbocycles. The first-order chi connectivity index (χ1) is 17.4. The number of fused-ring (bicyclic) bond motifs is 6. The highest BCUT2D eigenvalue weighted by Gasteiger charge is 2.31. The van der Waals surface area contributed by atoms with E-state index in [1.54, 1.807) is 0 Å². The molecule has 0 N–H and O–H groups in total. The Labute approximate surface area is 208 Å². The first kappa shape index (κ1) is 20.9. The number of aromatic nitrogens is 3. The van der Waals surface area contributed by atoms with Crippen LogP contribution in [-0.2, 0) is 7.05 Å². The molecule has 5 heteroatoms. The summed E-state index contributed by atoms with van der Waals surface area (Å²) >= 11 is 0. The zero-order valence-corrected chi connectivity index (χ0v) is 21.0. The van der Waals surface area contributed by atoms with E-state index in [2.05, 4.69) is 79.5 Å². The Morgan fingerprint density at radius 2 is 1.33 bits per heavy atom. The van der Waals surface area contributed by atoms with Gasteiger partial charge in [-0.2, -0.15) is 0 Å². The topological polar surface area (TPSA) is 48.0 Å². The van der Waals surface area contributed by atoms with Crippen LogP contribution in [0.2, 0.25) is 0 Å². The maximum absolute atomic E-state index is 6.47. The maximum atomic E-state index is 6.47. The largest absolute Gasteiger partial charge is 0.456 e. The number of benzene rings is 4. The molecular weight excluding hydrogens is 446 g/mol.